The maximum Gasteiger partial charge on any atom is 0.138 e. The standard InChI is InChI=1S/C10H11NO/c1-4-9-5-6-10(7-11-9)12-8(2)3/h1,5-8H,2-3H3. The average Bonchev–Trinajstić information content (AvgIpc) is 2.05. The van der Waals surface area contributed by atoms with Crippen molar-refractivity contribution >= 4 is 0 Å². The Morgan fingerprint density at radius 3 is 2.67 bits per heavy atom. The van der Waals surface area contributed by atoms with E-state index in [-0.39, 0.29) is 6.10 Å². The van der Waals surface area contributed by atoms with Crippen LogP contribution < -0.4 is 4.74 Å². The zero-order valence-electron chi connectivity index (χ0n) is 7.24. The lowest BCUT2D eigenvalue weighted by Gasteiger charge is -2.08. The fraction of sp³-hybridized carbons (Fsp3) is 0.300. The Labute approximate surface area is 72.6 Å². The third-order valence-electron chi connectivity index (χ3n) is 1.26. The molecule has 2 heteroatoms. The van der Waals surface area contributed by atoms with Gasteiger partial charge < -0.3 is 4.74 Å². The molecule has 0 atom stereocenters. The molecule has 1 rings (SSSR count). The third kappa shape index (κ3) is 2.28. The van der Waals surface area contributed by atoms with Crippen molar-refractivity contribution in [1.82, 2.24) is 4.98 Å². The van der Waals surface area contributed by atoms with Crippen molar-refractivity contribution in [3.8, 4) is 18.1 Å². The lowest BCUT2D eigenvalue weighted by Crippen LogP contribution is -2.05. The van der Waals surface area contributed by atoms with Gasteiger partial charge in [0.2, 0.25) is 0 Å². The molecule has 1 aromatic heterocycles. The van der Waals surface area contributed by atoms with Crippen LogP contribution in [0.2, 0.25) is 0 Å². The summed E-state index contributed by atoms with van der Waals surface area (Å²) in [5.41, 5.74) is 0.631. The van der Waals surface area contributed by atoms with Crippen LogP contribution in [-0.4, -0.2) is 11.1 Å². The van der Waals surface area contributed by atoms with Crippen molar-refractivity contribution in [2.24, 2.45) is 0 Å². The number of hydrogen-bond donors (Lipinski definition) is 0. The van der Waals surface area contributed by atoms with E-state index >= 15 is 0 Å². The van der Waals surface area contributed by atoms with E-state index in [9.17, 15) is 0 Å². The first kappa shape index (κ1) is 8.61. The van der Waals surface area contributed by atoms with Gasteiger partial charge in [-0.25, -0.2) is 4.98 Å². The van der Waals surface area contributed by atoms with Gasteiger partial charge in [0.15, 0.2) is 0 Å². The Bertz CT molecular complexity index is 282. The van der Waals surface area contributed by atoms with E-state index < -0.39 is 0 Å². The van der Waals surface area contributed by atoms with Gasteiger partial charge in [-0.05, 0) is 26.0 Å². The molecule has 0 aliphatic rings. The van der Waals surface area contributed by atoms with Crippen molar-refractivity contribution < 1.29 is 4.74 Å². The number of terminal acetylenes is 1. The van der Waals surface area contributed by atoms with Gasteiger partial charge in [0.25, 0.3) is 0 Å². The quantitative estimate of drug-likeness (QED) is 0.617. The maximum absolute atomic E-state index is 5.38. The largest absolute Gasteiger partial charge is 0.489 e. The molecule has 0 aromatic carbocycles. The second kappa shape index (κ2) is 3.77. The Morgan fingerprint density at radius 1 is 1.50 bits per heavy atom. The van der Waals surface area contributed by atoms with E-state index in [4.69, 9.17) is 11.2 Å². The fourth-order valence-electron chi connectivity index (χ4n) is 0.808. The number of ether oxygens (including phenoxy) is 1. The van der Waals surface area contributed by atoms with Gasteiger partial charge in [-0.3, -0.25) is 0 Å². The number of aromatic nitrogens is 1. The predicted octanol–water partition coefficient (Wildman–Crippen LogP) is 1.85. The first-order chi connectivity index (χ1) is 5.72. The molecule has 0 bridgehead atoms. The van der Waals surface area contributed by atoms with Gasteiger partial charge in [0.1, 0.15) is 11.4 Å². The SMILES string of the molecule is C#Cc1ccc(OC(C)C)cn1. The number of hydrogen-bond acceptors (Lipinski definition) is 2. The first-order valence-electron chi connectivity index (χ1n) is 3.81. The molecule has 0 saturated heterocycles. The molecule has 0 aliphatic heterocycles. The van der Waals surface area contributed by atoms with Crippen LogP contribution in [0.25, 0.3) is 0 Å². The first-order valence-corrected chi connectivity index (χ1v) is 3.81. The molecule has 0 spiro atoms. The van der Waals surface area contributed by atoms with E-state index in [2.05, 4.69) is 10.9 Å². The van der Waals surface area contributed by atoms with E-state index in [1.807, 2.05) is 19.9 Å². The van der Waals surface area contributed by atoms with E-state index in [1.165, 1.54) is 0 Å². The Kier molecular flexibility index (Phi) is 2.71. The smallest absolute Gasteiger partial charge is 0.138 e. The summed E-state index contributed by atoms with van der Waals surface area (Å²) in [5.74, 6) is 3.19. The number of rotatable bonds is 2. The van der Waals surface area contributed by atoms with E-state index in [0.29, 0.717) is 5.69 Å². The molecule has 0 amide bonds. The summed E-state index contributed by atoms with van der Waals surface area (Å²) in [7, 11) is 0. The Balaban J connectivity index is 2.73. The van der Waals surface area contributed by atoms with E-state index in [1.54, 1.807) is 12.3 Å². The lowest BCUT2D eigenvalue weighted by molar-refractivity contribution is 0.241. The van der Waals surface area contributed by atoms with Crippen LogP contribution >= 0.6 is 0 Å². The molecule has 1 heterocycles. The van der Waals surface area contributed by atoms with Crippen molar-refractivity contribution in [1.29, 1.82) is 0 Å². The highest BCUT2D eigenvalue weighted by atomic mass is 16.5. The van der Waals surface area contributed by atoms with Gasteiger partial charge in [-0.15, -0.1) is 6.42 Å². The highest BCUT2D eigenvalue weighted by Gasteiger charge is 1.96. The predicted molar refractivity (Wildman–Crippen MR) is 47.9 cm³/mol. The van der Waals surface area contributed by atoms with Crippen molar-refractivity contribution in [3.05, 3.63) is 24.0 Å². The molecule has 62 valence electrons. The van der Waals surface area contributed by atoms with Crippen LogP contribution in [0.15, 0.2) is 18.3 Å². The highest BCUT2D eigenvalue weighted by molar-refractivity contribution is 5.28. The van der Waals surface area contributed by atoms with Gasteiger partial charge in [0, 0.05) is 0 Å². The second-order valence-electron chi connectivity index (χ2n) is 2.69. The van der Waals surface area contributed by atoms with Crippen LogP contribution in [0.5, 0.6) is 5.75 Å². The fourth-order valence-corrected chi connectivity index (χ4v) is 0.808. The molecule has 0 radical (unpaired) electrons. The number of nitrogens with zero attached hydrogens (tertiary/aromatic N) is 1. The third-order valence-corrected chi connectivity index (χ3v) is 1.26. The molecule has 12 heavy (non-hydrogen) atoms. The minimum Gasteiger partial charge on any atom is -0.489 e. The van der Waals surface area contributed by atoms with Gasteiger partial charge >= 0.3 is 0 Å². The number of pyridine rings is 1. The summed E-state index contributed by atoms with van der Waals surface area (Å²) < 4.78 is 5.38. The normalized spacial score (nSPS) is 9.50. The Hall–Kier alpha value is -1.49. The van der Waals surface area contributed by atoms with Crippen LogP contribution in [0.4, 0.5) is 0 Å². The highest BCUT2D eigenvalue weighted by Crippen LogP contribution is 2.10. The zero-order valence-corrected chi connectivity index (χ0v) is 7.24. The summed E-state index contributed by atoms with van der Waals surface area (Å²) >= 11 is 0. The topological polar surface area (TPSA) is 22.1 Å². The molecule has 0 fully saturated rings. The van der Waals surface area contributed by atoms with Gasteiger partial charge in [0.05, 0.1) is 12.3 Å². The molecular formula is C10H11NO. The van der Waals surface area contributed by atoms with Crippen LogP contribution in [-0.2, 0) is 0 Å². The summed E-state index contributed by atoms with van der Waals surface area (Å²) in [6, 6.07) is 3.58. The minimum atomic E-state index is 0.170. The van der Waals surface area contributed by atoms with Crippen LogP contribution in [0.3, 0.4) is 0 Å². The summed E-state index contributed by atoms with van der Waals surface area (Å²) in [6.07, 6.45) is 6.95. The molecule has 0 aliphatic carbocycles. The molecule has 0 unspecified atom stereocenters. The molecule has 0 saturated carbocycles. The van der Waals surface area contributed by atoms with Gasteiger partial charge in [-0.1, -0.05) is 5.92 Å². The lowest BCUT2D eigenvalue weighted by atomic mass is 10.3. The van der Waals surface area contributed by atoms with Gasteiger partial charge in [-0.2, -0.15) is 0 Å². The van der Waals surface area contributed by atoms with Crippen molar-refractivity contribution in [2.75, 3.05) is 0 Å². The monoisotopic (exact) mass is 161 g/mol. The average molecular weight is 161 g/mol. The summed E-state index contributed by atoms with van der Waals surface area (Å²) in [6.45, 7) is 3.93. The summed E-state index contributed by atoms with van der Waals surface area (Å²) in [5, 5.41) is 0. The molecule has 0 N–H and O–H groups in total. The maximum atomic E-state index is 5.38. The van der Waals surface area contributed by atoms with Crippen molar-refractivity contribution in [2.45, 2.75) is 20.0 Å². The van der Waals surface area contributed by atoms with Crippen LogP contribution in [0, 0.1) is 12.3 Å². The minimum absolute atomic E-state index is 0.170. The molecular weight excluding hydrogens is 150 g/mol. The molecule has 2 nitrogen and oxygen atoms in total. The molecule has 1 aromatic rings. The Morgan fingerprint density at radius 2 is 2.25 bits per heavy atom. The zero-order chi connectivity index (χ0) is 8.97. The van der Waals surface area contributed by atoms with E-state index in [0.717, 1.165) is 5.75 Å². The van der Waals surface area contributed by atoms with Crippen LogP contribution in [0.1, 0.15) is 19.5 Å². The van der Waals surface area contributed by atoms with Crippen molar-refractivity contribution in [3.63, 3.8) is 0 Å². The second-order valence-corrected chi connectivity index (χ2v) is 2.69. The summed E-state index contributed by atoms with van der Waals surface area (Å²) in [4.78, 5) is 3.99.